The van der Waals surface area contributed by atoms with Crippen molar-refractivity contribution in [3.8, 4) is 0 Å². The van der Waals surface area contributed by atoms with Crippen LogP contribution >= 0.6 is 0 Å². The minimum Gasteiger partial charge on any atom is -0.481 e. The maximum absolute atomic E-state index is 13.4. The van der Waals surface area contributed by atoms with Crippen LogP contribution in [0, 0.1) is 5.92 Å². The van der Waals surface area contributed by atoms with Gasteiger partial charge in [0.1, 0.15) is 18.1 Å². The first-order valence-electron chi connectivity index (χ1n) is 13.7. The number of rotatable bonds is 15. The number of amides is 3. The topological polar surface area (TPSA) is 204 Å². The number of aromatic amines is 1. The molecule has 12 heteroatoms. The number of carbonyl (C=O) groups excluding carboxylic acids is 3. The van der Waals surface area contributed by atoms with Crippen LogP contribution in [-0.2, 0) is 36.8 Å². The van der Waals surface area contributed by atoms with E-state index < -0.39 is 66.2 Å². The quantitative estimate of drug-likeness (QED) is 0.140. The highest BCUT2D eigenvalue weighted by Gasteiger charge is 2.33. The van der Waals surface area contributed by atoms with Crippen molar-refractivity contribution >= 4 is 40.6 Å². The number of carboxylic acids is 2. The van der Waals surface area contributed by atoms with Gasteiger partial charge < -0.3 is 36.9 Å². The molecule has 1 heterocycles. The number of para-hydroxylation sites is 1. The van der Waals surface area contributed by atoms with E-state index in [2.05, 4.69) is 20.9 Å². The van der Waals surface area contributed by atoms with Crippen molar-refractivity contribution in [3.05, 3.63) is 71.9 Å². The third-order valence-electron chi connectivity index (χ3n) is 7.16. The summed E-state index contributed by atoms with van der Waals surface area (Å²) >= 11 is 0. The maximum Gasteiger partial charge on any atom is 0.326 e. The molecule has 0 radical (unpaired) electrons. The lowest BCUT2D eigenvalue weighted by Crippen LogP contribution is -2.58. The highest BCUT2D eigenvalue weighted by atomic mass is 16.4. The van der Waals surface area contributed by atoms with Gasteiger partial charge in [0.2, 0.25) is 17.7 Å². The molecular formula is C30H37N5O7. The van der Waals surface area contributed by atoms with Gasteiger partial charge in [-0.25, -0.2) is 4.79 Å². The van der Waals surface area contributed by atoms with Crippen molar-refractivity contribution in [2.75, 3.05) is 0 Å². The summed E-state index contributed by atoms with van der Waals surface area (Å²) in [6, 6.07) is 11.3. The zero-order valence-electron chi connectivity index (χ0n) is 23.5. The molecule has 224 valence electrons. The third-order valence-corrected chi connectivity index (χ3v) is 7.16. The number of H-pyrrole nitrogens is 1. The predicted octanol–water partition coefficient (Wildman–Crippen LogP) is 1.34. The predicted molar refractivity (Wildman–Crippen MR) is 155 cm³/mol. The molecule has 5 unspecified atom stereocenters. The van der Waals surface area contributed by atoms with Crippen LogP contribution in [0.2, 0.25) is 0 Å². The fourth-order valence-corrected chi connectivity index (χ4v) is 4.56. The number of carboxylic acid groups (broad SMARTS) is 2. The normalized spacial score (nSPS) is 14.6. The Balaban J connectivity index is 1.78. The second kappa shape index (κ2) is 14.8. The molecule has 5 atom stereocenters. The summed E-state index contributed by atoms with van der Waals surface area (Å²) in [5, 5.41) is 27.2. The van der Waals surface area contributed by atoms with Crippen molar-refractivity contribution in [3.63, 3.8) is 0 Å². The highest BCUT2D eigenvalue weighted by molar-refractivity contribution is 5.96. The van der Waals surface area contributed by atoms with Gasteiger partial charge in [-0.05, 0) is 29.5 Å². The van der Waals surface area contributed by atoms with Gasteiger partial charge in [0, 0.05) is 23.5 Å². The van der Waals surface area contributed by atoms with E-state index in [4.69, 9.17) is 5.73 Å². The number of fused-ring (bicyclic) bond motifs is 1. The molecule has 0 fully saturated rings. The molecule has 0 spiro atoms. The monoisotopic (exact) mass is 579 g/mol. The summed E-state index contributed by atoms with van der Waals surface area (Å²) in [6.07, 6.45) is 1.63. The van der Waals surface area contributed by atoms with Gasteiger partial charge >= 0.3 is 11.9 Å². The van der Waals surface area contributed by atoms with Gasteiger partial charge in [-0.2, -0.15) is 0 Å². The number of nitrogens with one attached hydrogen (secondary N) is 4. The number of aliphatic carboxylic acids is 2. The first kappa shape index (κ1) is 31.8. The molecule has 42 heavy (non-hydrogen) atoms. The minimum atomic E-state index is -1.59. The first-order chi connectivity index (χ1) is 20.0. The lowest BCUT2D eigenvalue weighted by atomic mass is 9.98. The molecular weight excluding hydrogens is 542 g/mol. The Hall–Kier alpha value is -4.71. The van der Waals surface area contributed by atoms with Crippen LogP contribution in [0.25, 0.3) is 10.9 Å². The lowest BCUT2D eigenvalue weighted by molar-refractivity contribution is -0.144. The third kappa shape index (κ3) is 8.64. The molecule has 0 aliphatic rings. The first-order valence-corrected chi connectivity index (χ1v) is 13.7. The second-order valence-corrected chi connectivity index (χ2v) is 10.3. The number of hydrogen-bond donors (Lipinski definition) is 7. The molecule has 12 nitrogen and oxygen atoms in total. The average molecular weight is 580 g/mol. The Labute approximate surface area is 243 Å². The highest BCUT2D eigenvalue weighted by Crippen LogP contribution is 2.19. The Morgan fingerprint density at radius 2 is 1.45 bits per heavy atom. The zero-order chi connectivity index (χ0) is 30.8. The van der Waals surface area contributed by atoms with Crippen molar-refractivity contribution in [2.45, 2.75) is 63.7 Å². The largest absolute Gasteiger partial charge is 0.481 e. The molecule has 1 aromatic heterocycles. The van der Waals surface area contributed by atoms with Gasteiger partial charge in [-0.3, -0.25) is 19.2 Å². The summed E-state index contributed by atoms with van der Waals surface area (Å²) in [5.74, 6) is -5.50. The van der Waals surface area contributed by atoms with Crippen LogP contribution in [-0.4, -0.2) is 69.0 Å². The molecule has 3 aromatic rings. The van der Waals surface area contributed by atoms with Gasteiger partial charge in [0.15, 0.2) is 0 Å². The van der Waals surface area contributed by atoms with Gasteiger partial charge in [0.25, 0.3) is 0 Å². The van der Waals surface area contributed by atoms with Crippen molar-refractivity contribution < 1.29 is 34.2 Å². The van der Waals surface area contributed by atoms with Crippen molar-refractivity contribution in [1.29, 1.82) is 0 Å². The molecule has 2 aromatic carbocycles. The Kier molecular flexibility index (Phi) is 11.2. The van der Waals surface area contributed by atoms with Crippen LogP contribution in [0.15, 0.2) is 60.8 Å². The summed E-state index contributed by atoms with van der Waals surface area (Å²) < 4.78 is 0. The fourth-order valence-electron chi connectivity index (χ4n) is 4.56. The molecule has 8 N–H and O–H groups in total. The fraction of sp³-hybridized carbons (Fsp3) is 0.367. The van der Waals surface area contributed by atoms with E-state index in [0.29, 0.717) is 12.0 Å². The van der Waals surface area contributed by atoms with Crippen molar-refractivity contribution in [1.82, 2.24) is 20.9 Å². The average Bonchev–Trinajstić information content (AvgIpc) is 3.37. The van der Waals surface area contributed by atoms with E-state index in [1.54, 1.807) is 50.4 Å². The van der Waals surface area contributed by atoms with Crippen LogP contribution in [0.4, 0.5) is 0 Å². The maximum atomic E-state index is 13.4. The van der Waals surface area contributed by atoms with E-state index in [1.165, 1.54) is 0 Å². The van der Waals surface area contributed by atoms with Gasteiger partial charge in [0.05, 0.1) is 12.5 Å². The summed E-state index contributed by atoms with van der Waals surface area (Å²) in [5.41, 5.74) is 8.64. The van der Waals surface area contributed by atoms with Crippen LogP contribution < -0.4 is 21.7 Å². The number of benzene rings is 2. The lowest BCUT2D eigenvalue weighted by Gasteiger charge is -2.26. The minimum absolute atomic E-state index is 0.0320. The molecule has 0 bridgehead atoms. The summed E-state index contributed by atoms with van der Waals surface area (Å²) in [7, 11) is 0. The second-order valence-electron chi connectivity index (χ2n) is 10.3. The molecule has 0 saturated carbocycles. The Morgan fingerprint density at radius 1 is 0.833 bits per heavy atom. The van der Waals surface area contributed by atoms with E-state index in [9.17, 15) is 34.2 Å². The molecule has 0 aliphatic heterocycles. The molecule has 3 amide bonds. The SMILES string of the molecule is CCC(C)C(NC(=O)C(CC(=O)O)NC(=O)C(Cc1ccccc1)NC(=O)C(N)Cc1c[nH]c2ccccc12)C(=O)O. The number of nitrogens with two attached hydrogens (primary N) is 1. The summed E-state index contributed by atoms with van der Waals surface area (Å²) in [6.45, 7) is 3.39. The van der Waals surface area contributed by atoms with Gasteiger partial charge in [-0.1, -0.05) is 68.8 Å². The van der Waals surface area contributed by atoms with E-state index in [0.717, 1.165) is 16.5 Å². The standard InChI is InChI=1S/C30H37N5O7/c1-3-17(2)26(30(41)42)35-29(40)24(15-25(36)37)34-28(39)23(13-18-9-5-4-6-10-18)33-27(38)21(31)14-19-16-32-22-12-8-7-11-20(19)22/h4-12,16-17,21,23-24,26,32H,3,13-15,31H2,1-2H3,(H,33,38)(H,34,39)(H,35,40)(H,36,37)(H,41,42). The molecule has 3 rings (SSSR count). The number of carbonyl (C=O) groups is 5. The van der Waals surface area contributed by atoms with E-state index in [1.807, 2.05) is 24.3 Å². The van der Waals surface area contributed by atoms with E-state index >= 15 is 0 Å². The van der Waals surface area contributed by atoms with E-state index in [-0.39, 0.29) is 12.8 Å². The molecule has 0 aliphatic carbocycles. The van der Waals surface area contributed by atoms with Gasteiger partial charge in [-0.15, -0.1) is 0 Å². The summed E-state index contributed by atoms with van der Waals surface area (Å²) in [4.78, 5) is 66.0. The Morgan fingerprint density at radius 3 is 2.10 bits per heavy atom. The number of hydrogen-bond acceptors (Lipinski definition) is 6. The van der Waals surface area contributed by atoms with Crippen LogP contribution in [0.3, 0.4) is 0 Å². The van der Waals surface area contributed by atoms with Crippen LogP contribution in [0.5, 0.6) is 0 Å². The smallest absolute Gasteiger partial charge is 0.326 e. The zero-order valence-corrected chi connectivity index (χ0v) is 23.5. The molecule has 0 saturated heterocycles. The van der Waals surface area contributed by atoms with Crippen LogP contribution in [0.1, 0.15) is 37.8 Å². The Bertz CT molecular complexity index is 1410. The number of aromatic nitrogens is 1. The van der Waals surface area contributed by atoms with Crippen molar-refractivity contribution in [2.24, 2.45) is 11.7 Å².